The van der Waals surface area contributed by atoms with Crippen LogP contribution in [-0.4, -0.2) is 11.1 Å². The van der Waals surface area contributed by atoms with Crippen molar-refractivity contribution in [1.29, 1.82) is 0 Å². The lowest BCUT2D eigenvalue weighted by molar-refractivity contribution is 0.555. The first kappa shape index (κ1) is 19.5. The van der Waals surface area contributed by atoms with Crippen molar-refractivity contribution in [1.82, 2.24) is 0 Å². The Morgan fingerprint density at radius 1 is 0.667 bits per heavy atom. The number of unbranched alkanes of at least 4 members (excludes halogenated alkanes) is 10. The molecule has 0 aromatic heterocycles. The molecule has 0 unspecified atom stereocenters. The van der Waals surface area contributed by atoms with Crippen LogP contribution in [0.1, 0.15) is 70.6 Å². The van der Waals surface area contributed by atoms with E-state index in [4.69, 9.17) is 22.2 Å². The summed E-state index contributed by atoms with van der Waals surface area (Å²) >= 11 is 14.6. The van der Waals surface area contributed by atoms with Crippen molar-refractivity contribution in [2.24, 2.45) is 0 Å². The van der Waals surface area contributed by atoms with E-state index < -0.39 is 6.69 Å². The van der Waals surface area contributed by atoms with E-state index in [-0.39, 0.29) is 0 Å². The fraction of sp³-hybridized carbons (Fsp3) is 1.00. The normalized spacial score (nSPS) is 12.0. The molecular weight excluding hydrogens is 394 g/mol. The van der Waals surface area contributed by atoms with Gasteiger partial charge in [0.2, 0.25) is 6.69 Å². The predicted molar refractivity (Wildman–Crippen MR) is 97.8 cm³/mol. The highest BCUT2D eigenvalue weighted by Gasteiger charge is 2.19. The third-order valence-corrected chi connectivity index (χ3v) is 6.38. The van der Waals surface area contributed by atoms with Gasteiger partial charge in [0.25, 0.3) is 0 Å². The lowest BCUT2D eigenvalue weighted by Gasteiger charge is -2.09. The standard InChI is InChI=1S/C14H29Cl2ISi/c1-18(15,16)14-12-10-8-6-4-2-3-5-7-9-11-13-17/h2-14H2,1H3. The summed E-state index contributed by atoms with van der Waals surface area (Å²) in [5.41, 5.74) is 0. The van der Waals surface area contributed by atoms with E-state index in [1.807, 2.05) is 6.55 Å². The second-order valence-corrected chi connectivity index (χ2v) is 14.7. The average Bonchev–Trinajstić information content (AvgIpc) is 2.29. The second-order valence-electron chi connectivity index (χ2n) is 5.40. The Labute approximate surface area is 138 Å². The van der Waals surface area contributed by atoms with Gasteiger partial charge in [0, 0.05) is 0 Å². The van der Waals surface area contributed by atoms with Gasteiger partial charge in [0.15, 0.2) is 0 Å². The van der Waals surface area contributed by atoms with E-state index in [2.05, 4.69) is 22.6 Å². The summed E-state index contributed by atoms with van der Waals surface area (Å²) in [5, 5.41) is 0. The van der Waals surface area contributed by atoms with Gasteiger partial charge in [-0.15, -0.1) is 22.2 Å². The monoisotopic (exact) mass is 422 g/mol. The van der Waals surface area contributed by atoms with Crippen LogP contribution in [0.25, 0.3) is 0 Å². The molecule has 0 aliphatic carbocycles. The van der Waals surface area contributed by atoms with E-state index in [1.54, 1.807) is 0 Å². The summed E-state index contributed by atoms with van der Waals surface area (Å²) in [6.07, 6.45) is 15.3. The average molecular weight is 423 g/mol. The molecule has 0 heterocycles. The van der Waals surface area contributed by atoms with Gasteiger partial charge in [-0.05, 0) is 23.4 Å². The third-order valence-electron chi connectivity index (χ3n) is 3.25. The molecule has 0 aromatic rings. The molecule has 0 bridgehead atoms. The second kappa shape index (κ2) is 13.5. The van der Waals surface area contributed by atoms with Crippen molar-refractivity contribution in [3.05, 3.63) is 0 Å². The van der Waals surface area contributed by atoms with Crippen LogP contribution in [0, 0.1) is 0 Å². The fourth-order valence-corrected chi connectivity index (χ4v) is 4.33. The number of hydrogen-bond acceptors (Lipinski definition) is 0. The molecule has 0 aliphatic rings. The van der Waals surface area contributed by atoms with Gasteiger partial charge in [-0.2, -0.15) is 0 Å². The van der Waals surface area contributed by atoms with Crippen LogP contribution in [0.4, 0.5) is 0 Å². The molecule has 0 saturated heterocycles. The van der Waals surface area contributed by atoms with Crippen LogP contribution in [0.2, 0.25) is 12.6 Å². The maximum atomic E-state index is 6.07. The smallest absolute Gasteiger partial charge is 0.146 e. The Bertz CT molecular complexity index is 172. The molecule has 0 fully saturated rings. The summed E-state index contributed by atoms with van der Waals surface area (Å²) in [6.45, 7) is 0.211. The Morgan fingerprint density at radius 3 is 1.33 bits per heavy atom. The largest absolute Gasteiger partial charge is 0.248 e. The van der Waals surface area contributed by atoms with Gasteiger partial charge in [-0.25, -0.2) is 0 Å². The Balaban J connectivity index is 2.99. The highest BCUT2D eigenvalue weighted by molar-refractivity contribution is 14.1. The van der Waals surface area contributed by atoms with Crippen LogP contribution in [0.3, 0.4) is 0 Å². The van der Waals surface area contributed by atoms with E-state index in [0.717, 1.165) is 6.04 Å². The van der Waals surface area contributed by atoms with Crippen molar-refractivity contribution in [2.75, 3.05) is 4.43 Å². The number of rotatable bonds is 13. The first-order valence-electron chi connectivity index (χ1n) is 7.50. The maximum absolute atomic E-state index is 6.07. The van der Waals surface area contributed by atoms with Crippen molar-refractivity contribution in [2.45, 2.75) is 83.2 Å². The van der Waals surface area contributed by atoms with Gasteiger partial charge < -0.3 is 0 Å². The van der Waals surface area contributed by atoms with Crippen LogP contribution in [0.5, 0.6) is 0 Å². The molecule has 18 heavy (non-hydrogen) atoms. The molecule has 0 radical (unpaired) electrons. The molecule has 4 heteroatoms. The van der Waals surface area contributed by atoms with Crippen LogP contribution >= 0.6 is 44.7 Å². The summed E-state index contributed by atoms with van der Waals surface area (Å²) < 4.78 is 1.32. The van der Waals surface area contributed by atoms with Gasteiger partial charge in [-0.1, -0.05) is 86.8 Å². The molecule has 0 atom stereocenters. The molecule has 0 rings (SSSR count). The number of halogens is 3. The molecular formula is C14H29Cl2ISi. The first-order valence-corrected chi connectivity index (χ1v) is 13.8. The highest BCUT2D eigenvalue weighted by Crippen LogP contribution is 2.23. The Morgan fingerprint density at radius 2 is 1.00 bits per heavy atom. The minimum atomic E-state index is -1.81. The minimum Gasteiger partial charge on any atom is -0.146 e. The predicted octanol–water partition coefficient (Wildman–Crippen LogP) is 7.26. The van der Waals surface area contributed by atoms with Gasteiger partial charge in [0.1, 0.15) is 0 Å². The van der Waals surface area contributed by atoms with Crippen LogP contribution in [-0.2, 0) is 0 Å². The van der Waals surface area contributed by atoms with Crippen LogP contribution in [0.15, 0.2) is 0 Å². The maximum Gasteiger partial charge on any atom is 0.248 e. The first-order chi connectivity index (χ1) is 8.56. The summed E-state index contributed by atoms with van der Waals surface area (Å²) in [5.74, 6) is 0. The molecule has 0 spiro atoms. The SMILES string of the molecule is C[Si](Cl)(Cl)CCCCCCCCCCCCCI. The van der Waals surface area contributed by atoms with E-state index in [1.165, 1.54) is 75.1 Å². The zero-order chi connectivity index (χ0) is 13.7. The van der Waals surface area contributed by atoms with Crippen molar-refractivity contribution >= 4 is 51.4 Å². The molecule has 0 N–H and O–H groups in total. The van der Waals surface area contributed by atoms with Gasteiger partial charge in [0.05, 0.1) is 0 Å². The molecule has 110 valence electrons. The van der Waals surface area contributed by atoms with E-state index >= 15 is 0 Å². The van der Waals surface area contributed by atoms with E-state index in [9.17, 15) is 0 Å². The highest BCUT2D eigenvalue weighted by atomic mass is 127. The topological polar surface area (TPSA) is 0 Å². The van der Waals surface area contributed by atoms with Crippen LogP contribution < -0.4 is 0 Å². The summed E-state index contributed by atoms with van der Waals surface area (Å²) in [7, 11) is 0. The molecule has 0 aliphatic heterocycles. The molecule has 0 aromatic carbocycles. The third kappa shape index (κ3) is 17.5. The quantitative estimate of drug-likeness (QED) is 0.0962. The number of hydrogen-bond donors (Lipinski definition) is 0. The van der Waals surface area contributed by atoms with Gasteiger partial charge >= 0.3 is 0 Å². The lowest BCUT2D eigenvalue weighted by Crippen LogP contribution is -2.11. The fourth-order valence-electron chi connectivity index (χ4n) is 2.12. The van der Waals surface area contributed by atoms with Crippen molar-refractivity contribution in [3.63, 3.8) is 0 Å². The van der Waals surface area contributed by atoms with Gasteiger partial charge in [-0.3, -0.25) is 0 Å². The van der Waals surface area contributed by atoms with Crippen molar-refractivity contribution in [3.8, 4) is 0 Å². The van der Waals surface area contributed by atoms with E-state index in [0.29, 0.717) is 0 Å². The Kier molecular flexibility index (Phi) is 14.7. The Hall–Kier alpha value is 1.53. The zero-order valence-electron chi connectivity index (χ0n) is 11.8. The van der Waals surface area contributed by atoms with Crippen molar-refractivity contribution < 1.29 is 0 Å². The molecule has 0 nitrogen and oxygen atoms in total. The number of alkyl halides is 1. The summed E-state index contributed by atoms with van der Waals surface area (Å²) in [4.78, 5) is 0. The minimum absolute atomic E-state index is 1.06. The lowest BCUT2D eigenvalue weighted by atomic mass is 10.1. The zero-order valence-corrected chi connectivity index (χ0v) is 16.5. The molecule has 0 saturated carbocycles. The summed E-state index contributed by atoms with van der Waals surface area (Å²) in [6, 6.07) is 1.06. The molecule has 0 amide bonds.